The second-order valence-corrected chi connectivity index (χ2v) is 4.54. The fraction of sp³-hybridized carbons (Fsp3) is 0.636. The van der Waals surface area contributed by atoms with Gasteiger partial charge in [0.05, 0.1) is 0 Å². The van der Waals surface area contributed by atoms with Crippen molar-refractivity contribution < 1.29 is 19.4 Å². The van der Waals surface area contributed by atoms with Crippen molar-refractivity contribution in [1.29, 1.82) is 0 Å². The molecule has 1 amide bonds. The van der Waals surface area contributed by atoms with Crippen LogP contribution in [0.5, 0.6) is 0 Å². The Morgan fingerprint density at radius 3 is 2.75 bits per heavy atom. The van der Waals surface area contributed by atoms with Crippen LogP contribution in [-0.4, -0.2) is 41.3 Å². The lowest BCUT2D eigenvalue weighted by Gasteiger charge is -2.28. The number of carboxylic acids is 1. The molecule has 0 aromatic carbocycles. The highest BCUT2D eigenvalue weighted by Crippen LogP contribution is 2.36. The Bertz CT molecular complexity index is 311. The number of carbonyl (C=O) groups excluding carboxylic acids is 1. The summed E-state index contributed by atoms with van der Waals surface area (Å²) in [5, 5.41) is 9.12. The molecule has 1 saturated heterocycles. The highest BCUT2D eigenvalue weighted by Gasteiger charge is 2.47. The number of carbonyl (C=O) groups is 2. The highest BCUT2D eigenvalue weighted by atomic mass is 16.6. The maximum absolute atomic E-state index is 11.6. The summed E-state index contributed by atoms with van der Waals surface area (Å²) in [4.78, 5) is 24.0. The van der Waals surface area contributed by atoms with E-state index in [2.05, 4.69) is 6.58 Å². The third kappa shape index (κ3) is 2.35. The molecule has 0 aromatic heterocycles. The first-order valence-corrected chi connectivity index (χ1v) is 5.17. The van der Waals surface area contributed by atoms with Crippen LogP contribution in [0.15, 0.2) is 12.7 Å². The van der Waals surface area contributed by atoms with Gasteiger partial charge in [0.2, 0.25) is 0 Å². The summed E-state index contributed by atoms with van der Waals surface area (Å²) in [6.07, 6.45) is 1.53. The van der Waals surface area contributed by atoms with Crippen molar-refractivity contribution in [2.45, 2.75) is 26.3 Å². The Morgan fingerprint density at radius 1 is 1.62 bits per heavy atom. The van der Waals surface area contributed by atoms with E-state index in [4.69, 9.17) is 9.84 Å². The van der Waals surface area contributed by atoms with Crippen molar-refractivity contribution in [3.63, 3.8) is 0 Å². The van der Waals surface area contributed by atoms with Crippen molar-refractivity contribution in [3.8, 4) is 0 Å². The topological polar surface area (TPSA) is 66.8 Å². The monoisotopic (exact) mass is 227 g/mol. The van der Waals surface area contributed by atoms with E-state index in [0.717, 1.165) is 0 Å². The maximum atomic E-state index is 11.6. The molecule has 0 saturated carbocycles. The Labute approximate surface area is 94.7 Å². The van der Waals surface area contributed by atoms with E-state index >= 15 is 0 Å². The largest absolute Gasteiger partial charge is 0.480 e. The molecule has 1 heterocycles. The van der Waals surface area contributed by atoms with Gasteiger partial charge in [0.25, 0.3) is 0 Å². The molecule has 16 heavy (non-hydrogen) atoms. The summed E-state index contributed by atoms with van der Waals surface area (Å²) in [5.41, 5.74) is -0.418. The van der Waals surface area contributed by atoms with Gasteiger partial charge in [-0.1, -0.05) is 26.5 Å². The van der Waals surface area contributed by atoms with E-state index < -0.39 is 23.5 Å². The van der Waals surface area contributed by atoms with Crippen LogP contribution >= 0.6 is 0 Å². The first kappa shape index (κ1) is 12.5. The minimum atomic E-state index is -0.988. The Balaban J connectivity index is 2.77. The molecule has 0 radical (unpaired) electrons. The second-order valence-electron chi connectivity index (χ2n) is 4.54. The molecule has 5 heteroatoms. The van der Waals surface area contributed by atoms with Crippen molar-refractivity contribution in [1.82, 2.24) is 4.90 Å². The van der Waals surface area contributed by atoms with Crippen LogP contribution < -0.4 is 0 Å². The number of rotatable bonds is 3. The average Bonchev–Trinajstić information content (AvgIpc) is 2.50. The lowest BCUT2D eigenvalue weighted by atomic mass is 9.85. The van der Waals surface area contributed by atoms with Crippen molar-refractivity contribution >= 4 is 12.1 Å². The number of nitrogens with zero attached hydrogens (tertiary/aromatic N) is 1. The van der Waals surface area contributed by atoms with Gasteiger partial charge in [-0.2, -0.15) is 0 Å². The fourth-order valence-electron chi connectivity index (χ4n) is 1.97. The summed E-state index contributed by atoms with van der Waals surface area (Å²) < 4.78 is 4.85. The van der Waals surface area contributed by atoms with Gasteiger partial charge >= 0.3 is 12.1 Å². The fourth-order valence-corrected chi connectivity index (χ4v) is 1.97. The zero-order valence-electron chi connectivity index (χ0n) is 9.60. The summed E-state index contributed by atoms with van der Waals surface area (Å²) in [5.74, 6) is -0.988. The molecule has 5 nitrogen and oxygen atoms in total. The predicted octanol–water partition coefficient (Wildman–Crippen LogP) is 1.49. The molecule has 1 aliphatic heterocycles. The van der Waals surface area contributed by atoms with Gasteiger partial charge in [-0.05, 0) is 11.8 Å². The van der Waals surface area contributed by atoms with Crippen LogP contribution in [-0.2, 0) is 9.53 Å². The second kappa shape index (κ2) is 4.55. The third-order valence-corrected chi connectivity index (χ3v) is 2.84. The van der Waals surface area contributed by atoms with Crippen LogP contribution in [0.1, 0.15) is 20.3 Å². The number of hydrogen-bond acceptors (Lipinski definition) is 3. The number of carboxylic acid groups (broad SMARTS) is 1. The Morgan fingerprint density at radius 2 is 2.25 bits per heavy atom. The van der Waals surface area contributed by atoms with Gasteiger partial charge in [0.15, 0.2) is 0 Å². The molecule has 0 aliphatic carbocycles. The van der Waals surface area contributed by atoms with Gasteiger partial charge in [0, 0.05) is 6.54 Å². The quantitative estimate of drug-likeness (QED) is 0.742. The van der Waals surface area contributed by atoms with Crippen molar-refractivity contribution in [2.24, 2.45) is 5.41 Å². The summed E-state index contributed by atoms with van der Waals surface area (Å²) in [6, 6.07) is -0.815. The number of likely N-dealkylation sites (tertiary alicyclic amines) is 1. The van der Waals surface area contributed by atoms with Crippen LogP contribution in [0.4, 0.5) is 4.79 Å². The van der Waals surface area contributed by atoms with Crippen LogP contribution in [0.25, 0.3) is 0 Å². The molecule has 1 N–H and O–H groups in total. The summed E-state index contributed by atoms with van der Waals surface area (Å²) in [6.45, 7) is 7.63. The van der Waals surface area contributed by atoms with Gasteiger partial charge in [-0.3, -0.25) is 4.90 Å². The number of hydrogen-bond donors (Lipinski definition) is 1. The van der Waals surface area contributed by atoms with E-state index in [-0.39, 0.29) is 6.61 Å². The van der Waals surface area contributed by atoms with Gasteiger partial charge in [-0.25, -0.2) is 9.59 Å². The lowest BCUT2D eigenvalue weighted by Crippen LogP contribution is -2.46. The lowest BCUT2D eigenvalue weighted by molar-refractivity contribution is -0.144. The Hall–Kier alpha value is -1.52. The molecule has 1 atom stereocenters. The first-order valence-electron chi connectivity index (χ1n) is 5.17. The Kier molecular flexibility index (Phi) is 3.57. The van der Waals surface area contributed by atoms with Crippen molar-refractivity contribution in [2.75, 3.05) is 13.2 Å². The van der Waals surface area contributed by atoms with E-state index in [1.807, 2.05) is 13.8 Å². The molecule has 1 fully saturated rings. The highest BCUT2D eigenvalue weighted by molar-refractivity contribution is 5.81. The number of amides is 1. The van der Waals surface area contributed by atoms with Gasteiger partial charge in [0.1, 0.15) is 12.6 Å². The van der Waals surface area contributed by atoms with Crippen LogP contribution in [0.3, 0.4) is 0 Å². The first-order chi connectivity index (χ1) is 7.40. The molecule has 1 aliphatic rings. The van der Waals surface area contributed by atoms with E-state index in [1.54, 1.807) is 0 Å². The molecule has 0 spiro atoms. The standard InChI is InChI=1S/C11H17NO4/c1-4-7-16-10(15)12-6-5-11(2,3)8(12)9(13)14/h4,8H,1,5-7H2,2-3H3,(H,13,14). The number of aliphatic carboxylic acids is 1. The summed E-state index contributed by atoms with van der Waals surface area (Å²) in [7, 11) is 0. The molecule has 0 bridgehead atoms. The minimum absolute atomic E-state index is 0.0993. The van der Waals surface area contributed by atoms with Gasteiger partial charge < -0.3 is 9.84 Å². The molecule has 1 unspecified atom stereocenters. The van der Waals surface area contributed by atoms with E-state index in [9.17, 15) is 9.59 Å². The van der Waals surface area contributed by atoms with Crippen molar-refractivity contribution in [3.05, 3.63) is 12.7 Å². The maximum Gasteiger partial charge on any atom is 0.410 e. The van der Waals surface area contributed by atoms with Crippen LogP contribution in [0.2, 0.25) is 0 Å². The minimum Gasteiger partial charge on any atom is -0.480 e. The zero-order chi connectivity index (χ0) is 12.3. The molecule has 90 valence electrons. The molecular weight excluding hydrogens is 210 g/mol. The summed E-state index contributed by atoms with van der Waals surface area (Å²) >= 11 is 0. The number of ether oxygens (including phenoxy) is 1. The third-order valence-electron chi connectivity index (χ3n) is 2.84. The van der Waals surface area contributed by atoms with E-state index in [0.29, 0.717) is 13.0 Å². The smallest absolute Gasteiger partial charge is 0.410 e. The normalized spacial score (nSPS) is 22.9. The van der Waals surface area contributed by atoms with E-state index in [1.165, 1.54) is 11.0 Å². The van der Waals surface area contributed by atoms with Crippen LogP contribution in [0, 0.1) is 5.41 Å². The van der Waals surface area contributed by atoms with Gasteiger partial charge in [-0.15, -0.1) is 0 Å². The molecule has 1 rings (SSSR count). The predicted molar refractivity (Wildman–Crippen MR) is 58.1 cm³/mol. The molecule has 0 aromatic rings. The average molecular weight is 227 g/mol. The SMILES string of the molecule is C=CCOC(=O)N1CCC(C)(C)C1C(=O)O. The zero-order valence-corrected chi connectivity index (χ0v) is 9.60. The molecular formula is C11H17NO4.